The zero-order valence-electron chi connectivity index (χ0n) is 17.5. The second kappa shape index (κ2) is 13.8. The Hall–Kier alpha value is -3.34. The van der Waals surface area contributed by atoms with Crippen molar-refractivity contribution >= 4 is 36.1 Å². The maximum absolute atomic E-state index is 11.6. The van der Waals surface area contributed by atoms with Crippen LogP contribution in [0, 0.1) is 12.3 Å². The molecule has 0 aliphatic rings. The molecule has 0 fully saturated rings. The summed E-state index contributed by atoms with van der Waals surface area (Å²) >= 11 is 0. The van der Waals surface area contributed by atoms with E-state index in [-0.39, 0.29) is 24.8 Å². The maximum atomic E-state index is 11.6. The number of ether oxygens (including phenoxy) is 2. The van der Waals surface area contributed by atoms with Gasteiger partial charge in [-0.15, -0.1) is 6.42 Å². The second-order valence-electron chi connectivity index (χ2n) is 6.30. The first-order chi connectivity index (χ1) is 14.5. The summed E-state index contributed by atoms with van der Waals surface area (Å²) in [6, 6.07) is 4.98. The van der Waals surface area contributed by atoms with Crippen LogP contribution in [0.15, 0.2) is 18.2 Å². The van der Waals surface area contributed by atoms with Crippen LogP contribution in [0.25, 0.3) is 0 Å². The van der Waals surface area contributed by atoms with Gasteiger partial charge < -0.3 is 19.3 Å². The third-order valence-electron chi connectivity index (χ3n) is 4.16. The summed E-state index contributed by atoms with van der Waals surface area (Å²) in [7, 11) is 0. The third-order valence-corrected chi connectivity index (χ3v) is 4.16. The quantitative estimate of drug-likeness (QED) is 0.262. The fourth-order valence-corrected chi connectivity index (χ4v) is 2.75. The molecule has 0 N–H and O–H groups in total. The minimum absolute atomic E-state index is 0.189. The molecule has 0 radical (unpaired) electrons. The highest BCUT2D eigenvalue weighted by Gasteiger charge is 2.13. The Morgan fingerprint density at radius 3 is 1.67 bits per heavy atom. The third kappa shape index (κ3) is 8.35. The average Bonchev–Trinajstić information content (AvgIpc) is 2.74. The molecular formula is C22H28N2O6. The second-order valence-corrected chi connectivity index (χ2v) is 6.30. The van der Waals surface area contributed by atoms with E-state index >= 15 is 0 Å². The van der Waals surface area contributed by atoms with Gasteiger partial charge >= 0.3 is 11.9 Å². The molecule has 8 heteroatoms. The summed E-state index contributed by atoms with van der Waals surface area (Å²) in [5, 5.41) is 0. The highest BCUT2D eigenvalue weighted by atomic mass is 16.5. The molecule has 0 spiro atoms. The molecule has 0 saturated carbocycles. The van der Waals surface area contributed by atoms with E-state index in [0.29, 0.717) is 68.9 Å². The van der Waals surface area contributed by atoms with E-state index < -0.39 is 0 Å². The van der Waals surface area contributed by atoms with E-state index in [0.717, 1.165) is 0 Å². The summed E-state index contributed by atoms with van der Waals surface area (Å²) in [5.74, 6) is 1.87. The zero-order valence-corrected chi connectivity index (χ0v) is 17.5. The lowest BCUT2D eigenvalue weighted by Gasteiger charge is -2.22. The first-order valence-electron chi connectivity index (χ1n) is 9.85. The normalized spacial score (nSPS) is 9.90. The zero-order chi connectivity index (χ0) is 22.4. The number of carbonyl (C=O) groups is 4. The van der Waals surface area contributed by atoms with Crippen molar-refractivity contribution in [2.45, 2.75) is 39.5 Å². The molecule has 2 amide bonds. The van der Waals surface area contributed by atoms with Crippen LogP contribution in [0.4, 0.5) is 11.4 Å². The highest BCUT2D eigenvalue weighted by Crippen LogP contribution is 2.25. The van der Waals surface area contributed by atoms with Crippen LogP contribution in [-0.2, 0) is 28.7 Å². The van der Waals surface area contributed by atoms with E-state index in [9.17, 15) is 19.2 Å². The van der Waals surface area contributed by atoms with Gasteiger partial charge in [0.1, 0.15) is 0 Å². The fraction of sp³-hybridized carbons (Fsp3) is 0.455. The molecule has 1 aromatic carbocycles. The number of esters is 2. The predicted octanol–water partition coefficient (Wildman–Crippen LogP) is 2.28. The van der Waals surface area contributed by atoms with E-state index in [4.69, 9.17) is 15.9 Å². The molecule has 0 aliphatic carbocycles. The lowest BCUT2D eigenvalue weighted by atomic mass is 10.1. The molecule has 1 rings (SSSR count). The van der Waals surface area contributed by atoms with Crippen LogP contribution < -0.4 is 9.80 Å². The highest BCUT2D eigenvalue weighted by molar-refractivity contribution is 5.83. The van der Waals surface area contributed by atoms with Crippen molar-refractivity contribution in [1.82, 2.24) is 0 Å². The summed E-state index contributed by atoms with van der Waals surface area (Å²) in [5.41, 5.74) is 1.52. The first-order valence-corrected chi connectivity index (χ1v) is 9.85. The Labute approximate surface area is 177 Å². The van der Waals surface area contributed by atoms with E-state index in [1.165, 1.54) is 9.80 Å². The van der Waals surface area contributed by atoms with Crippen molar-refractivity contribution in [3.05, 3.63) is 23.8 Å². The number of hydrogen-bond acceptors (Lipinski definition) is 6. The van der Waals surface area contributed by atoms with Gasteiger partial charge in [-0.05, 0) is 44.9 Å². The number of terminal acetylenes is 1. The van der Waals surface area contributed by atoms with Gasteiger partial charge in [0.2, 0.25) is 12.8 Å². The Bertz CT molecular complexity index is 717. The number of rotatable bonds is 14. The maximum Gasteiger partial charge on any atom is 0.305 e. The Balaban J connectivity index is 2.90. The van der Waals surface area contributed by atoms with Crippen LogP contribution in [0.1, 0.15) is 45.1 Å². The molecule has 0 bridgehead atoms. The van der Waals surface area contributed by atoms with Gasteiger partial charge in [0, 0.05) is 42.9 Å². The Kier molecular flexibility index (Phi) is 11.3. The molecule has 162 valence electrons. The number of carbonyl (C=O) groups excluding carboxylic acids is 4. The topological polar surface area (TPSA) is 93.2 Å². The summed E-state index contributed by atoms with van der Waals surface area (Å²) in [4.78, 5) is 49.0. The van der Waals surface area contributed by atoms with E-state index in [2.05, 4.69) is 5.92 Å². The summed E-state index contributed by atoms with van der Waals surface area (Å²) in [6.07, 6.45) is 8.05. The van der Waals surface area contributed by atoms with Crippen LogP contribution in [0.3, 0.4) is 0 Å². The summed E-state index contributed by atoms with van der Waals surface area (Å²) < 4.78 is 9.77. The minimum atomic E-state index is -0.324. The van der Waals surface area contributed by atoms with E-state index in [1.54, 1.807) is 32.0 Å². The molecule has 0 aliphatic heterocycles. The van der Waals surface area contributed by atoms with E-state index in [1.807, 2.05) is 0 Å². The molecule has 8 nitrogen and oxygen atoms in total. The van der Waals surface area contributed by atoms with Crippen molar-refractivity contribution in [1.29, 1.82) is 0 Å². The monoisotopic (exact) mass is 416 g/mol. The smallest absolute Gasteiger partial charge is 0.305 e. The molecule has 0 atom stereocenters. The lowest BCUT2D eigenvalue weighted by molar-refractivity contribution is -0.144. The van der Waals surface area contributed by atoms with Crippen LogP contribution in [0.2, 0.25) is 0 Å². The Morgan fingerprint density at radius 2 is 1.33 bits per heavy atom. The number of amides is 2. The van der Waals surface area contributed by atoms with Gasteiger partial charge in [-0.2, -0.15) is 0 Å². The van der Waals surface area contributed by atoms with Crippen molar-refractivity contribution in [3.63, 3.8) is 0 Å². The SMILES string of the molecule is C#Cc1cc(N(C=O)CCCC(=O)OCC)cc(N(C=O)CCCC(=O)OCC)c1. The number of anilines is 2. The molecule has 0 saturated heterocycles. The molecule has 0 heterocycles. The predicted molar refractivity (Wildman–Crippen MR) is 113 cm³/mol. The van der Waals surface area contributed by atoms with Gasteiger partial charge in [0.25, 0.3) is 0 Å². The number of benzene rings is 1. The van der Waals surface area contributed by atoms with Crippen molar-refractivity contribution in [2.24, 2.45) is 0 Å². The standard InChI is InChI=1S/C22H28N2O6/c1-4-18-13-19(23(16-25)11-7-9-21(27)29-5-2)15-20(14-18)24(17-26)12-8-10-22(28)30-6-3/h1,13-17H,5-12H2,2-3H3. The molecule has 30 heavy (non-hydrogen) atoms. The van der Waals surface area contributed by atoms with Crippen LogP contribution >= 0.6 is 0 Å². The minimum Gasteiger partial charge on any atom is -0.466 e. The molecule has 0 aromatic heterocycles. The lowest BCUT2D eigenvalue weighted by Crippen LogP contribution is -2.26. The summed E-state index contributed by atoms with van der Waals surface area (Å²) in [6.45, 7) is 4.66. The van der Waals surface area contributed by atoms with Gasteiger partial charge in [-0.1, -0.05) is 5.92 Å². The number of nitrogens with zero attached hydrogens (tertiary/aromatic N) is 2. The fourth-order valence-electron chi connectivity index (χ4n) is 2.75. The average molecular weight is 416 g/mol. The largest absolute Gasteiger partial charge is 0.466 e. The van der Waals surface area contributed by atoms with Gasteiger partial charge in [0.05, 0.1) is 13.2 Å². The van der Waals surface area contributed by atoms with Crippen molar-refractivity contribution < 1.29 is 28.7 Å². The van der Waals surface area contributed by atoms with Crippen LogP contribution in [-0.4, -0.2) is 51.1 Å². The van der Waals surface area contributed by atoms with Gasteiger partial charge in [0.15, 0.2) is 0 Å². The van der Waals surface area contributed by atoms with Crippen LogP contribution in [0.5, 0.6) is 0 Å². The molecule has 0 unspecified atom stereocenters. The molecule has 1 aromatic rings. The molecular weight excluding hydrogens is 388 g/mol. The van der Waals surface area contributed by atoms with Gasteiger partial charge in [-0.3, -0.25) is 19.2 Å². The first kappa shape index (κ1) is 24.7. The van der Waals surface area contributed by atoms with Gasteiger partial charge in [-0.25, -0.2) is 0 Å². The number of hydrogen-bond donors (Lipinski definition) is 0. The van der Waals surface area contributed by atoms with Crippen molar-refractivity contribution in [3.8, 4) is 12.3 Å². The van der Waals surface area contributed by atoms with Crippen molar-refractivity contribution in [2.75, 3.05) is 36.1 Å². The Morgan fingerprint density at radius 1 is 0.900 bits per heavy atom.